The number of nitrogens with two attached hydrogens (primary N) is 1. The summed E-state index contributed by atoms with van der Waals surface area (Å²) in [7, 11) is -3.94. The number of esters is 2. The summed E-state index contributed by atoms with van der Waals surface area (Å²) in [6.45, 7) is 16.3. The average Bonchev–Trinajstić information content (AvgIpc) is 1.32. The van der Waals surface area contributed by atoms with Gasteiger partial charge in [-0.25, -0.2) is 4.79 Å². The Hall–Kier alpha value is -8.05. The minimum atomic E-state index is -5.60. The number of piperidine rings is 1. The third kappa shape index (κ3) is 24.8. The number of imidazole rings is 1. The Bertz CT molecular complexity index is 3680. The number of halogens is 2. The highest BCUT2D eigenvalue weighted by Crippen LogP contribution is 2.67. The number of fused-ring (bicyclic) bond motifs is 1. The van der Waals surface area contributed by atoms with Crippen molar-refractivity contribution in [2.45, 2.75) is 189 Å². The van der Waals surface area contributed by atoms with Crippen molar-refractivity contribution in [2.75, 3.05) is 66.3 Å². The second-order valence-corrected chi connectivity index (χ2v) is 30.1. The van der Waals surface area contributed by atoms with Crippen LogP contribution in [0.5, 0.6) is 0 Å². The van der Waals surface area contributed by atoms with Crippen LogP contribution in [0.4, 0.5) is 8.78 Å². The Labute approximate surface area is 600 Å². The molecule has 30 heteroatoms. The third-order valence-electron chi connectivity index (χ3n) is 17.6. The van der Waals surface area contributed by atoms with Crippen LogP contribution in [0.1, 0.15) is 167 Å². The van der Waals surface area contributed by atoms with Gasteiger partial charge in [0.15, 0.2) is 0 Å². The molecule has 568 valence electrons. The molecule has 7 amide bonds. The van der Waals surface area contributed by atoms with Crippen molar-refractivity contribution in [3.63, 3.8) is 0 Å². The van der Waals surface area contributed by atoms with Gasteiger partial charge in [0.05, 0.1) is 67.0 Å². The fourth-order valence-electron chi connectivity index (χ4n) is 11.5. The van der Waals surface area contributed by atoms with Crippen LogP contribution in [-0.2, 0) is 117 Å². The number of aromatic nitrogens is 2. The lowest BCUT2D eigenvalue weighted by molar-refractivity contribution is -0.163. The smallest absolute Gasteiger partial charge is 0.410 e. The van der Waals surface area contributed by atoms with Gasteiger partial charge in [-0.15, -0.1) is 0 Å². The molecule has 4 aromatic rings. The first-order chi connectivity index (χ1) is 48.6. The number of rotatable bonds is 41. The molecule has 2 fully saturated rings. The molecular formula is C73H103F2N8O19P. The van der Waals surface area contributed by atoms with E-state index in [1.165, 1.54) is 73.8 Å². The van der Waals surface area contributed by atoms with Crippen molar-refractivity contribution < 1.29 is 94.0 Å². The highest BCUT2D eigenvalue weighted by molar-refractivity contribution is 7.54. The number of carbonyl (C=O) groups excluding carboxylic acids is 9. The number of aryl methyl sites for hydroxylation is 3. The zero-order valence-electron chi connectivity index (χ0n) is 61.0. The number of carbonyl (C=O) groups is 9. The molecule has 0 spiro atoms. The molecule has 0 radical (unpaired) electrons. The molecule has 0 saturated carbocycles. The van der Waals surface area contributed by atoms with E-state index in [9.17, 15) is 52.5 Å². The number of allylic oxidation sites excluding steroid dienone is 1. The Morgan fingerprint density at radius 2 is 1.36 bits per heavy atom. The predicted molar refractivity (Wildman–Crippen MR) is 377 cm³/mol. The summed E-state index contributed by atoms with van der Waals surface area (Å²) < 4.78 is 92.2. The molecular weight excluding hydrogens is 1360 g/mol. The number of primary amides is 1. The van der Waals surface area contributed by atoms with Crippen LogP contribution in [0.25, 0.3) is 16.6 Å². The van der Waals surface area contributed by atoms with Crippen molar-refractivity contribution in [3.05, 3.63) is 111 Å². The molecule has 6 atom stereocenters. The number of alkyl halides is 2. The third-order valence-corrected chi connectivity index (χ3v) is 19.5. The maximum atomic E-state index is 16.3. The summed E-state index contributed by atoms with van der Waals surface area (Å²) in [6, 6.07) is 14.4. The minimum absolute atomic E-state index is 0.0560. The van der Waals surface area contributed by atoms with E-state index in [2.05, 4.69) is 21.3 Å². The molecule has 6 rings (SSSR count). The van der Waals surface area contributed by atoms with Crippen LogP contribution in [-0.4, -0.2) is 158 Å². The Morgan fingerprint density at radius 1 is 0.757 bits per heavy atom. The van der Waals surface area contributed by atoms with E-state index < -0.39 is 115 Å². The van der Waals surface area contributed by atoms with Crippen molar-refractivity contribution in [3.8, 4) is 0 Å². The van der Waals surface area contributed by atoms with Gasteiger partial charge in [-0.3, -0.25) is 71.2 Å². The van der Waals surface area contributed by atoms with E-state index in [0.29, 0.717) is 87.1 Å². The zero-order chi connectivity index (χ0) is 75.8. The van der Waals surface area contributed by atoms with Crippen molar-refractivity contribution in [1.82, 2.24) is 35.3 Å². The van der Waals surface area contributed by atoms with Gasteiger partial charge in [0, 0.05) is 51.2 Å². The normalized spacial score (nSPS) is 17.0. The van der Waals surface area contributed by atoms with Crippen LogP contribution in [0.15, 0.2) is 77.6 Å². The lowest BCUT2D eigenvalue weighted by Gasteiger charge is -2.32. The number of nitrogens with one attached hydrogen (secondary N) is 4. The van der Waals surface area contributed by atoms with Gasteiger partial charge in [-0.2, -0.15) is 8.78 Å². The number of imide groups is 1. The van der Waals surface area contributed by atoms with E-state index in [4.69, 9.17) is 43.2 Å². The number of hydrogen-bond acceptors (Lipinski definition) is 19. The Morgan fingerprint density at radius 3 is 1.97 bits per heavy atom. The number of hydrogen-bond donors (Lipinski definition) is 5. The summed E-state index contributed by atoms with van der Waals surface area (Å²) >= 11 is 0. The number of unbranched alkanes of at least 4 members (excludes halogenated alkanes) is 1. The number of ether oxygens (including phenoxy) is 6. The van der Waals surface area contributed by atoms with E-state index in [-0.39, 0.29) is 88.5 Å². The van der Waals surface area contributed by atoms with E-state index in [0.717, 1.165) is 35.2 Å². The second-order valence-electron chi connectivity index (χ2n) is 28.0. The molecule has 0 bridgehead atoms. The second kappa shape index (κ2) is 39.2. The van der Waals surface area contributed by atoms with Gasteiger partial charge < -0.3 is 55.0 Å². The van der Waals surface area contributed by atoms with Crippen LogP contribution >= 0.6 is 7.60 Å². The summed E-state index contributed by atoms with van der Waals surface area (Å²) in [5, 5.41) is 11.0. The topological polar surface area (TPSA) is 349 Å². The molecule has 3 heterocycles. The van der Waals surface area contributed by atoms with Crippen molar-refractivity contribution >= 4 is 77.5 Å². The van der Waals surface area contributed by atoms with Gasteiger partial charge in [0.1, 0.15) is 24.7 Å². The number of benzene rings is 3. The molecule has 6 N–H and O–H groups in total. The van der Waals surface area contributed by atoms with Gasteiger partial charge in [-0.1, -0.05) is 81.3 Å². The monoisotopic (exact) mass is 1460 g/mol. The van der Waals surface area contributed by atoms with Crippen molar-refractivity contribution in [2.24, 2.45) is 29.5 Å². The van der Waals surface area contributed by atoms with E-state index in [1.807, 2.05) is 56.3 Å². The summed E-state index contributed by atoms with van der Waals surface area (Å²) in [6.07, 6.45) is 5.88. The molecule has 1 unspecified atom stereocenters. The van der Waals surface area contributed by atoms with E-state index >= 15 is 8.78 Å². The average molecular weight is 1470 g/mol. The summed E-state index contributed by atoms with van der Waals surface area (Å²) in [5.41, 5.74) is 2.77. The van der Waals surface area contributed by atoms with Gasteiger partial charge in [-0.05, 0) is 153 Å². The molecule has 27 nitrogen and oxygen atoms in total. The largest absolute Gasteiger partial charge is 0.438 e. The van der Waals surface area contributed by atoms with E-state index in [1.54, 1.807) is 20.9 Å². The number of nitrogens with zero attached hydrogens (tertiary/aromatic N) is 3. The number of likely N-dealkylation sites (tertiary alicyclic amines) is 1. The maximum absolute atomic E-state index is 16.3. The number of amides is 7. The molecule has 1 aromatic heterocycles. The SMILES string of the molecule is CCCC[C@H](NC(=O)/C=C(\C)c1ccc(C(F)(F)P(=O)(OCOC(=O)C(C)(C)C)OCOC(=O)C(C)(C)C)cc1)C(=O)N1CC[C@@H](C)[C@H]1C(=O)N[C@@H](CCC(N)=O)[C@@H](C)OCc1ccc(CCCNC(=O)COCCOCCOCCCc2ccc3c(c2)n(C)c(=O)n3C2CCC(=O)NC2=O)cc1. The Balaban J connectivity index is 0.906. The highest BCUT2D eigenvalue weighted by atomic mass is 31.2. The minimum Gasteiger partial charge on any atom is -0.438 e. The fraction of sp³-hybridized carbons (Fsp3) is 0.589. The van der Waals surface area contributed by atoms with Crippen LogP contribution in [0, 0.1) is 16.7 Å². The first-order valence-corrected chi connectivity index (χ1v) is 36.5. The van der Waals surface area contributed by atoms with Gasteiger partial charge in [0.25, 0.3) is 0 Å². The quantitative estimate of drug-likeness (QED) is 0.00699. The molecule has 2 saturated heterocycles. The first kappa shape index (κ1) is 83.9. The van der Waals surface area contributed by atoms with Crippen molar-refractivity contribution in [1.29, 1.82) is 0 Å². The lowest BCUT2D eigenvalue weighted by Crippen LogP contribution is -2.56. The summed E-state index contributed by atoms with van der Waals surface area (Å²) in [5.74, 6) is -5.23. The predicted octanol–water partition coefficient (Wildman–Crippen LogP) is 8.09. The molecule has 0 aliphatic carbocycles. The maximum Gasteiger partial charge on any atom is 0.410 e. The van der Waals surface area contributed by atoms with Crippen LogP contribution in [0.3, 0.4) is 0 Å². The van der Waals surface area contributed by atoms with Gasteiger partial charge in [0.2, 0.25) is 54.9 Å². The first-order valence-electron chi connectivity index (χ1n) is 35.0. The molecule has 2 aliphatic rings. The fourth-order valence-corrected chi connectivity index (χ4v) is 12.7. The lowest BCUT2D eigenvalue weighted by atomic mass is 9.98. The van der Waals surface area contributed by atoms with Crippen LogP contribution in [0.2, 0.25) is 0 Å². The molecule has 3 aromatic carbocycles. The molecule has 103 heavy (non-hydrogen) atoms. The zero-order valence-corrected chi connectivity index (χ0v) is 61.9. The molecule has 2 aliphatic heterocycles. The summed E-state index contributed by atoms with van der Waals surface area (Å²) in [4.78, 5) is 131. The highest BCUT2D eigenvalue weighted by Gasteiger charge is 2.56. The Kier molecular flexibility index (Phi) is 31.9. The van der Waals surface area contributed by atoms with Crippen LogP contribution < -0.4 is 32.7 Å². The standard InChI is InChI=1S/C73H103F2N8O19P/c1-12-13-18-56(78-62(86)41-48(3)53-24-26-54(27-25-53)73(74,75)103(94,101-45-99-68(91)71(5,6)7)102-46-100-69(92)72(8,9)10)67(90)82-35-33-47(2)64(82)66(89)79-55(28-31-60(76)84)49(4)98-43-52-21-19-50(20-22-52)16-14-34-77-63(87)44-97-40-39-96-38-37-95-36-15-17-51-23-29-57-59(42-51)81(11)70(93)83(57)58-30-32-61(85)80-65(58)88/h19-27,29,41-42,47,49,55-56,58,64H,12-18,28,30-40,43-46H2,1-11H3,(H2,76,84)(H,77,87)(H,78,86)(H,79,89)(H,80,85,88)/b48-41+/t47-,49-,55+,56+,58?,64+/m1/s1. The van der Waals surface area contributed by atoms with Gasteiger partial charge >= 0.3 is 30.9 Å².